The fraction of sp³-hybridized carbons (Fsp3) is 0.611. The van der Waals surface area contributed by atoms with Crippen LogP contribution in [0.5, 0.6) is 0 Å². The minimum absolute atomic E-state index is 0.587. The first-order valence-electron chi connectivity index (χ1n) is 9.02. The van der Waals surface area contributed by atoms with E-state index >= 15 is 0 Å². The smallest absolute Gasteiger partial charge is 0.307 e. The van der Waals surface area contributed by atoms with Crippen LogP contribution in [0.3, 0.4) is 0 Å². The lowest BCUT2D eigenvalue weighted by molar-refractivity contribution is 0.255. The summed E-state index contributed by atoms with van der Waals surface area (Å²) in [7, 11) is -2.03. The SMILES string of the molecule is CCN(C)C(C)S(=O)(=O)NC(=O)Nc1c2c(cc3c1CCC3)CCC2. The van der Waals surface area contributed by atoms with E-state index in [0.29, 0.717) is 6.54 Å². The molecule has 0 spiro atoms. The summed E-state index contributed by atoms with van der Waals surface area (Å²) in [6.45, 7) is 4.04. The van der Waals surface area contributed by atoms with Crippen LogP contribution in [0, 0.1) is 0 Å². The number of carbonyl (C=O) groups is 1. The van der Waals surface area contributed by atoms with Gasteiger partial charge < -0.3 is 5.32 Å². The summed E-state index contributed by atoms with van der Waals surface area (Å²) in [5.74, 6) is 0. The number of urea groups is 1. The van der Waals surface area contributed by atoms with Gasteiger partial charge in [-0.05, 0) is 81.3 Å². The number of anilines is 1. The number of nitrogens with zero attached hydrogens (tertiary/aromatic N) is 1. The third kappa shape index (κ3) is 3.53. The summed E-state index contributed by atoms with van der Waals surface area (Å²) in [5, 5.41) is 2.09. The van der Waals surface area contributed by atoms with E-state index < -0.39 is 21.4 Å². The Hall–Kier alpha value is -1.60. The molecule has 0 radical (unpaired) electrons. The molecule has 138 valence electrons. The lowest BCUT2D eigenvalue weighted by Crippen LogP contribution is -2.46. The number of benzene rings is 1. The molecular weight excluding hydrogens is 338 g/mol. The van der Waals surface area contributed by atoms with Gasteiger partial charge in [-0.2, -0.15) is 0 Å². The van der Waals surface area contributed by atoms with Crippen molar-refractivity contribution in [3.05, 3.63) is 28.3 Å². The van der Waals surface area contributed by atoms with E-state index in [2.05, 4.69) is 16.1 Å². The molecule has 1 aromatic carbocycles. The molecule has 2 aliphatic rings. The highest BCUT2D eigenvalue weighted by molar-refractivity contribution is 7.90. The van der Waals surface area contributed by atoms with Gasteiger partial charge in [-0.3, -0.25) is 4.90 Å². The highest BCUT2D eigenvalue weighted by Gasteiger charge is 2.28. The Kier molecular flexibility index (Phi) is 5.06. The Bertz CT molecular complexity index is 757. The number of carbonyl (C=O) groups excluding carboxylic acids is 1. The zero-order valence-electron chi connectivity index (χ0n) is 15.2. The molecule has 1 atom stereocenters. The first-order valence-corrected chi connectivity index (χ1v) is 10.6. The van der Waals surface area contributed by atoms with Gasteiger partial charge in [-0.15, -0.1) is 0 Å². The molecule has 2 aliphatic carbocycles. The normalized spacial score (nSPS) is 17.3. The Balaban J connectivity index is 1.81. The second-order valence-corrected chi connectivity index (χ2v) is 8.98. The molecule has 1 unspecified atom stereocenters. The summed E-state index contributed by atoms with van der Waals surface area (Å²) in [6, 6.07) is 1.62. The van der Waals surface area contributed by atoms with Gasteiger partial charge in [0, 0.05) is 5.69 Å². The van der Waals surface area contributed by atoms with Gasteiger partial charge in [0.05, 0.1) is 0 Å². The molecule has 0 saturated carbocycles. The van der Waals surface area contributed by atoms with Crippen LogP contribution >= 0.6 is 0 Å². The Morgan fingerprint density at radius 2 is 1.72 bits per heavy atom. The van der Waals surface area contributed by atoms with Gasteiger partial charge in [0.15, 0.2) is 0 Å². The molecule has 1 aromatic rings. The van der Waals surface area contributed by atoms with Gasteiger partial charge in [-0.25, -0.2) is 17.9 Å². The molecular formula is C18H27N3O3S. The average molecular weight is 365 g/mol. The number of sulfonamides is 1. The van der Waals surface area contributed by atoms with E-state index in [4.69, 9.17) is 0 Å². The van der Waals surface area contributed by atoms with E-state index in [-0.39, 0.29) is 0 Å². The molecule has 2 amide bonds. The minimum Gasteiger partial charge on any atom is -0.307 e. The summed E-state index contributed by atoms with van der Waals surface area (Å²) < 4.78 is 27.0. The number of amides is 2. The van der Waals surface area contributed by atoms with E-state index in [1.165, 1.54) is 22.3 Å². The van der Waals surface area contributed by atoms with Gasteiger partial charge in [0.2, 0.25) is 0 Å². The van der Waals surface area contributed by atoms with E-state index in [1.807, 2.05) is 6.92 Å². The quantitative estimate of drug-likeness (QED) is 0.840. The molecule has 25 heavy (non-hydrogen) atoms. The maximum atomic E-state index is 12.4. The van der Waals surface area contributed by atoms with Crippen LogP contribution < -0.4 is 10.0 Å². The predicted molar refractivity (Wildman–Crippen MR) is 99.3 cm³/mol. The van der Waals surface area contributed by atoms with Crippen molar-refractivity contribution in [1.82, 2.24) is 9.62 Å². The third-order valence-corrected chi connectivity index (χ3v) is 7.24. The third-order valence-electron chi connectivity index (χ3n) is 5.52. The van der Waals surface area contributed by atoms with Crippen LogP contribution in [-0.4, -0.2) is 38.3 Å². The molecule has 0 fully saturated rings. The molecule has 6 nitrogen and oxygen atoms in total. The second-order valence-electron chi connectivity index (χ2n) is 7.01. The van der Waals surface area contributed by atoms with Crippen LogP contribution in [0.15, 0.2) is 6.07 Å². The molecule has 0 aliphatic heterocycles. The lowest BCUT2D eigenvalue weighted by atomic mass is 9.99. The Morgan fingerprint density at radius 1 is 1.16 bits per heavy atom. The summed E-state index contributed by atoms with van der Waals surface area (Å²) in [4.78, 5) is 14.1. The van der Waals surface area contributed by atoms with Crippen molar-refractivity contribution in [2.45, 2.75) is 57.7 Å². The summed E-state index contributed by atoms with van der Waals surface area (Å²) in [5.41, 5.74) is 5.83. The maximum absolute atomic E-state index is 12.4. The average Bonchev–Trinajstić information content (AvgIpc) is 3.21. The van der Waals surface area contributed by atoms with Crippen molar-refractivity contribution in [2.24, 2.45) is 0 Å². The molecule has 0 heterocycles. The van der Waals surface area contributed by atoms with Crippen LogP contribution in [0.1, 0.15) is 48.9 Å². The van der Waals surface area contributed by atoms with Gasteiger partial charge in [-0.1, -0.05) is 13.0 Å². The number of fused-ring (bicyclic) bond motifs is 2. The number of hydrogen-bond donors (Lipinski definition) is 2. The van der Waals surface area contributed by atoms with E-state index in [9.17, 15) is 13.2 Å². The van der Waals surface area contributed by atoms with Crippen molar-refractivity contribution in [1.29, 1.82) is 0 Å². The van der Waals surface area contributed by atoms with Crippen molar-refractivity contribution in [3.63, 3.8) is 0 Å². The monoisotopic (exact) mass is 365 g/mol. The van der Waals surface area contributed by atoms with Crippen molar-refractivity contribution >= 4 is 21.7 Å². The second kappa shape index (κ2) is 6.96. The fourth-order valence-corrected chi connectivity index (χ4v) is 4.92. The van der Waals surface area contributed by atoms with Crippen molar-refractivity contribution in [2.75, 3.05) is 18.9 Å². The lowest BCUT2D eigenvalue weighted by Gasteiger charge is -2.23. The highest BCUT2D eigenvalue weighted by Crippen LogP contribution is 2.38. The number of aryl methyl sites for hydroxylation is 2. The Labute approximate surface area is 150 Å². The van der Waals surface area contributed by atoms with Crippen molar-refractivity contribution < 1.29 is 13.2 Å². The van der Waals surface area contributed by atoms with E-state index in [1.54, 1.807) is 18.9 Å². The minimum atomic E-state index is -3.76. The largest absolute Gasteiger partial charge is 0.332 e. The first-order chi connectivity index (χ1) is 11.8. The van der Waals surface area contributed by atoms with Crippen molar-refractivity contribution in [3.8, 4) is 0 Å². The topological polar surface area (TPSA) is 78.5 Å². The molecule has 7 heteroatoms. The maximum Gasteiger partial charge on any atom is 0.332 e. The predicted octanol–water partition coefficient (Wildman–Crippen LogP) is 2.41. The first kappa shape index (κ1) is 18.2. The number of hydrogen-bond acceptors (Lipinski definition) is 4. The molecule has 0 bridgehead atoms. The molecule has 0 saturated heterocycles. The molecule has 0 aromatic heterocycles. The van der Waals surface area contributed by atoms with Gasteiger partial charge >= 0.3 is 6.03 Å². The molecule has 2 N–H and O–H groups in total. The summed E-state index contributed by atoms with van der Waals surface area (Å²) >= 11 is 0. The van der Waals surface area contributed by atoms with E-state index in [0.717, 1.165) is 44.2 Å². The van der Waals surface area contributed by atoms with Crippen LogP contribution in [0.25, 0.3) is 0 Å². The zero-order chi connectivity index (χ0) is 18.2. The van der Waals surface area contributed by atoms with Crippen LogP contribution in [-0.2, 0) is 35.7 Å². The highest BCUT2D eigenvalue weighted by atomic mass is 32.2. The number of nitrogens with one attached hydrogen (secondary N) is 2. The Morgan fingerprint density at radius 3 is 2.24 bits per heavy atom. The van der Waals surface area contributed by atoms with Crippen LogP contribution in [0.4, 0.5) is 10.5 Å². The summed E-state index contributed by atoms with van der Waals surface area (Å²) in [6.07, 6.45) is 6.14. The van der Waals surface area contributed by atoms with Crippen LogP contribution in [0.2, 0.25) is 0 Å². The number of rotatable bonds is 5. The van der Waals surface area contributed by atoms with Gasteiger partial charge in [0.25, 0.3) is 10.0 Å². The van der Waals surface area contributed by atoms with Gasteiger partial charge in [0.1, 0.15) is 5.37 Å². The molecule has 3 rings (SSSR count). The fourth-order valence-electron chi connectivity index (χ4n) is 3.81. The standard InChI is InChI=1S/C18H27N3O3S/c1-4-21(3)12(2)25(23,24)20-18(22)19-17-15-9-5-7-13(15)11-14-8-6-10-16(14)17/h11-12H,4-10H2,1-3H3,(H2,19,20,22). The zero-order valence-corrected chi connectivity index (χ0v) is 16.0.